The highest BCUT2D eigenvalue weighted by Crippen LogP contribution is 2.32. The van der Waals surface area contributed by atoms with E-state index in [9.17, 15) is 4.79 Å². The van der Waals surface area contributed by atoms with E-state index in [1.165, 1.54) is 12.8 Å². The normalized spacial score (nSPS) is 15.8. The topological polar surface area (TPSA) is 64.3 Å². The van der Waals surface area contributed by atoms with Crippen molar-refractivity contribution in [3.63, 3.8) is 0 Å². The van der Waals surface area contributed by atoms with Gasteiger partial charge in [-0.2, -0.15) is 0 Å². The molecule has 1 atom stereocenters. The molecule has 0 aliphatic heterocycles. The molecule has 4 heteroatoms. The lowest BCUT2D eigenvalue weighted by atomic mass is 10.1. The van der Waals surface area contributed by atoms with Crippen LogP contribution in [0.5, 0.6) is 5.75 Å². The van der Waals surface area contributed by atoms with Crippen LogP contribution in [-0.2, 0) is 11.2 Å². The molecule has 1 aromatic rings. The highest BCUT2D eigenvalue weighted by Gasteiger charge is 2.31. The summed E-state index contributed by atoms with van der Waals surface area (Å²) in [6, 6.07) is 7.89. The molecule has 4 nitrogen and oxygen atoms in total. The molecule has 3 N–H and O–H groups in total. The summed E-state index contributed by atoms with van der Waals surface area (Å²) >= 11 is 0. The van der Waals surface area contributed by atoms with E-state index in [0.29, 0.717) is 31.4 Å². The van der Waals surface area contributed by atoms with E-state index in [0.717, 1.165) is 11.3 Å². The van der Waals surface area contributed by atoms with E-state index in [4.69, 9.17) is 10.5 Å². The van der Waals surface area contributed by atoms with E-state index < -0.39 is 0 Å². The predicted octanol–water partition coefficient (Wildman–Crippen LogP) is 2.12. The van der Waals surface area contributed by atoms with Crippen LogP contribution >= 0.6 is 0 Å². The maximum atomic E-state index is 12.0. The summed E-state index contributed by atoms with van der Waals surface area (Å²) in [5, 5.41) is 3.04. The van der Waals surface area contributed by atoms with Crippen LogP contribution in [0.25, 0.3) is 0 Å². The lowest BCUT2D eigenvalue weighted by Gasteiger charge is -2.16. The van der Waals surface area contributed by atoms with Crippen molar-refractivity contribution in [1.82, 2.24) is 5.32 Å². The average Bonchev–Trinajstić information content (AvgIpc) is 3.28. The Hall–Kier alpha value is -1.55. The molecule has 1 aliphatic rings. The van der Waals surface area contributed by atoms with Gasteiger partial charge in [-0.25, -0.2) is 0 Å². The number of hydrogen-bond acceptors (Lipinski definition) is 3. The number of nitrogens with two attached hydrogens (primary N) is 1. The Bertz CT molecular complexity index is 452. The highest BCUT2D eigenvalue weighted by atomic mass is 16.5. The molecule has 1 aliphatic carbocycles. The van der Waals surface area contributed by atoms with Crippen molar-refractivity contribution in [3.8, 4) is 5.75 Å². The molecule has 0 radical (unpaired) electrons. The van der Waals surface area contributed by atoms with Gasteiger partial charge in [-0.15, -0.1) is 0 Å². The third-order valence-electron chi connectivity index (χ3n) is 3.66. The second kappa shape index (κ2) is 7.46. The molecule has 1 fully saturated rings. The molecule has 21 heavy (non-hydrogen) atoms. The Morgan fingerprint density at radius 2 is 2.00 bits per heavy atom. The molecule has 0 aromatic heterocycles. The number of amides is 1. The van der Waals surface area contributed by atoms with Gasteiger partial charge in [0.1, 0.15) is 5.75 Å². The molecule has 0 heterocycles. The Labute approximate surface area is 127 Å². The second-order valence-electron chi connectivity index (χ2n) is 6.27. The zero-order valence-electron chi connectivity index (χ0n) is 13.0. The van der Waals surface area contributed by atoms with Crippen LogP contribution in [0.4, 0.5) is 0 Å². The van der Waals surface area contributed by atoms with Crippen molar-refractivity contribution >= 4 is 5.91 Å². The molecule has 1 amide bonds. The van der Waals surface area contributed by atoms with E-state index in [-0.39, 0.29) is 11.9 Å². The molecule has 0 spiro atoms. The van der Waals surface area contributed by atoms with E-state index in [1.54, 1.807) is 0 Å². The molecule has 1 saturated carbocycles. The first-order chi connectivity index (χ1) is 10.1. The Kier molecular flexibility index (Phi) is 5.62. The first-order valence-electron chi connectivity index (χ1n) is 7.79. The van der Waals surface area contributed by atoms with Crippen molar-refractivity contribution in [2.24, 2.45) is 17.6 Å². The maximum Gasteiger partial charge on any atom is 0.224 e. The van der Waals surface area contributed by atoms with Gasteiger partial charge >= 0.3 is 0 Å². The van der Waals surface area contributed by atoms with E-state index in [2.05, 4.69) is 19.2 Å². The number of ether oxygens (including phenoxy) is 1. The minimum Gasteiger partial charge on any atom is -0.493 e. The van der Waals surface area contributed by atoms with Crippen LogP contribution in [-0.4, -0.2) is 25.1 Å². The molecular weight excluding hydrogens is 264 g/mol. The molecule has 1 aromatic carbocycles. The van der Waals surface area contributed by atoms with E-state index >= 15 is 0 Å². The first-order valence-corrected chi connectivity index (χ1v) is 7.79. The van der Waals surface area contributed by atoms with Crippen LogP contribution in [0.1, 0.15) is 32.3 Å². The average molecular weight is 290 g/mol. The summed E-state index contributed by atoms with van der Waals surface area (Å²) in [5.74, 6) is 2.00. The van der Waals surface area contributed by atoms with Gasteiger partial charge in [0.25, 0.3) is 0 Å². The first kappa shape index (κ1) is 15.8. The van der Waals surface area contributed by atoms with Crippen molar-refractivity contribution in [3.05, 3.63) is 29.8 Å². The standard InChI is InChI=1S/C17H26N2O2/c1-12(2)11-21-15-7-3-13(4-8-15)9-17(20)19-16(10-18)14-5-6-14/h3-4,7-8,12,14,16H,5-6,9-11,18H2,1-2H3,(H,19,20). The minimum atomic E-state index is 0.0493. The summed E-state index contributed by atoms with van der Waals surface area (Å²) < 4.78 is 5.63. The summed E-state index contributed by atoms with van der Waals surface area (Å²) in [7, 11) is 0. The van der Waals surface area contributed by atoms with Gasteiger partial charge in [0.2, 0.25) is 5.91 Å². The molecule has 116 valence electrons. The second-order valence-corrected chi connectivity index (χ2v) is 6.27. The number of carbonyl (C=O) groups excluding carboxylic acids is 1. The van der Waals surface area contributed by atoms with Crippen LogP contribution in [0.2, 0.25) is 0 Å². The van der Waals surface area contributed by atoms with Crippen LogP contribution in [0, 0.1) is 11.8 Å². The quantitative estimate of drug-likeness (QED) is 0.771. The number of rotatable bonds is 8. The van der Waals surface area contributed by atoms with Gasteiger partial charge in [0.05, 0.1) is 13.0 Å². The predicted molar refractivity (Wildman–Crippen MR) is 84.2 cm³/mol. The van der Waals surface area contributed by atoms with Crippen molar-refractivity contribution in [2.45, 2.75) is 39.2 Å². The summed E-state index contributed by atoms with van der Waals surface area (Å²) in [6.07, 6.45) is 2.77. The summed E-state index contributed by atoms with van der Waals surface area (Å²) in [5.41, 5.74) is 6.70. The summed E-state index contributed by atoms with van der Waals surface area (Å²) in [4.78, 5) is 12.0. The van der Waals surface area contributed by atoms with Crippen LogP contribution < -0.4 is 15.8 Å². The SMILES string of the molecule is CC(C)COc1ccc(CC(=O)NC(CN)C2CC2)cc1. The largest absolute Gasteiger partial charge is 0.493 e. The number of benzene rings is 1. The van der Waals surface area contributed by atoms with Gasteiger partial charge in [-0.1, -0.05) is 26.0 Å². The smallest absolute Gasteiger partial charge is 0.224 e. The van der Waals surface area contributed by atoms with Gasteiger partial charge in [-0.3, -0.25) is 4.79 Å². The molecule has 0 saturated heterocycles. The number of nitrogens with one attached hydrogen (secondary N) is 1. The van der Waals surface area contributed by atoms with Gasteiger partial charge in [-0.05, 0) is 42.4 Å². The van der Waals surface area contributed by atoms with Crippen LogP contribution in [0.3, 0.4) is 0 Å². The van der Waals surface area contributed by atoms with Gasteiger partial charge in [0.15, 0.2) is 0 Å². The minimum absolute atomic E-state index is 0.0493. The Balaban J connectivity index is 1.80. The fourth-order valence-electron chi connectivity index (χ4n) is 2.28. The lowest BCUT2D eigenvalue weighted by Crippen LogP contribution is -2.42. The summed E-state index contributed by atoms with van der Waals surface area (Å²) in [6.45, 7) is 5.47. The van der Waals surface area contributed by atoms with E-state index in [1.807, 2.05) is 24.3 Å². The van der Waals surface area contributed by atoms with Crippen molar-refractivity contribution < 1.29 is 9.53 Å². The Morgan fingerprint density at radius 1 is 1.33 bits per heavy atom. The zero-order chi connectivity index (χ0) is 15.2. The molecule has 1 unspecified atom stereocenters. The lowest BCUT2D eigenvalue weighted by molar-refractivity contribution is -0.121. The third kappa shape index (κ3) is 5.38. The van der Waals surface area contributed by atoms with Crippen LogP contribution in [0.15, 0.2) is 24.3 Å². The molecule has 0 bridgehead atoms. The monoisotopic (exact) mass is 290 g/mol. The third-order valence-corrected chi connectivity index (χ3v) is 3.66. The maximum absolute atomic E-state index is 12.0. The zero-order valence-corrected chi connectivity index (χ0v) is 13.0. The molecular formula is C17H26N2O2. The Morgan fingerprint density at radius 3 is 2.52 bits per heavy atom. The van der Waals surface area contributed by atoms with Gasteiger partial charge in [0, 0.05) is 12.6 Å². The number of hydrogen-bond donors (Lipinski definition) is 2. The number of carbonyl (C=O) groups is 1. The van der Waals surface area contributed by atoms with Crippen molar-refractivity contribution in [2.75, 3.05) is 13.2 Å². The van der Waals surface area contributed by atoms with Gasteiger partial charge < -0.3 is 15.8 Å². The fourth-order valence-corrected chi connectivity index (χ4v) is 2.28. The molecule has 2 rings (SSSR count). The van der Waals surface area contributed by atoms with Crippen molar-refractivity contribution in [1.29, 1.82) is 0 Å². The highest BCUT2D eigenvalue weighted by molar-refractivity contribution is 5.79. The fraction of sp³-hybridized carbons (Fsp3) is 0.588.